The second-order valence-electron chi connectivity index (χ2n) is 8.67. The van der Waals surface area contributed by atoms with Crippen LogP contribution in [-0.4, -0.2) is 50.2 Å². The molecule has 2 aromatic rings. The Hall–Kier alpha value is -2.72. The van der Waals surface area contributed by atoms with Gasteiger partial charge in [0, 0.05) is 36.0 Å². The standard InChI is InChI=1S/C24H26ClF2NO6S/c1-15(14-34-24(31)28-10-8-16(9-11-28)12-22(29)30)23(20-13-18(26)4-7-21(20)27)35(32,33)19-5-2-17(25)3-6-19/h2-7,13,15-16,23H,8-12,14H2,1H3,(H,29,30)/t15-,23+/m1/s1. The topological polar surface area (TPSA) is 101 Å². The van der Waals surface area contributed by atoms with Crippen molar-refractivity contribution in [2.75, 3.05) is 19.7 Å². The van der Waals surface area contributed by atoms with E-state index in [0.717, 1.165) is 18.2 Å². The van der Waals surface area contributed by atoms with E-state index in [0.29, 0.717) is 31.0 Å². The number of aliphatic carboxylic acids is 1. The van der Waals surface area contributed by atoms with E-state index >= 15 is 0 Å². The highest BCUT2D eigenvalue weighted by atomic mass is 35.5. The summed E-state index contributed by atoms with van der Waals surface area (Å²) in [6.07, 6.45) is 0.384. The van der Waals surface area contributed by atoms with Crippen molar-refractivity contribution in [3.8, 4) is 0 Å². The number of piperidine rings is 1. The van der Waals surface area contributed by atoms with Gasteiger partial charge in [-0.2, -0.15) is 0 Å². The minimum absolute atomic E-state index is 0.0275. The fourth-order valence-corrected chi connectivity index (χ4v) is 6.37. The van der Waals surface area contributed by atoms with Crippen molar-refractivity contribution in [3.63, 3.8) is 0 Å². The molecule has 0 unspecified atom stereocenters. The molecule has 0 saturated carbocycles. The summed E-state index contributed by atoms with van der Waals surface area (Å²) in [5.74, 6) is -3.54. The average molecular weight is 530 g/mol. The van der Waals surface area contributed by atoms with Gasteiger partial charge in [-0.25, -0.2) is 22.0 Å². The van der Waals surface area contributed by atoms with Gasteiger partial charge in [-0.15, -0.1) is 0 Å². The Kier molecular flexibility index (Phi) is 8.71. The first kappa shape index (κ1) is 26.9. The molecule has 1 heterocycles. The minimum atomic E-state index is -4.23. The third kappa shape index (κ3) is 6.70. The third-order valence-electron chi connectivity index (χ3n) is 6.06. The number of carbonyl (C=O) groups is 2. The van der Waals surface area contributed by atoms with E-state index in [-0.39, 0.29) is 29.4 Å². The highest BCUT2D eigenvalue weighted by Crippen LogP contribution is 2.37. The van der Waals surface area contributed by atoms with Gasteiger partial charge in [0.15, 0.2) is 9.84 Å². The normalized spacial score (nSPS) is 16.5. The fraction of sp³-hybridized carbons (Fsp3) is 0.417. The van der Waals surface area contributed by atoms with E-state index in [1.807, 2.05) is 0 Å². The van der Waals surface area contributed by atoms with E-state index < -0.39 is 44.7 Å². The molecule has 1 N–H and O–H groups in total. The summed E-state index contributed by atoms with van der Waals surface area (Å²) in [5, 5.41) is 7.70. The molecule has 0 radical (unpaired) electrons. The Morgan fingerprint density at radius 3 is 2.37 bits per heavy atom. The molecule has 1 amide bonds. The molecule has 0 aromatic heterocycles. The number of hydrogen-bond donors (Lipinski definition) is 1. The number of amides is 1. The number of sulfone groups is 1. The van der Waals surface area contributed by atoms with Gasteiger partial charge in [0.25, 0.3) is 0 Å². The lowest BCUT2D eigenvalue weighted by atomic mass is 9.94. The predicted octanol–water partition coefficient (Wildman–Crippen LogP) is 5.09. The van der Waals surface area contributed by atoms with Crippen LogP contribution < -0.4 is 0 Å². The SMILES string of the molecule is C[C@H](COC(=O)N1CCC(CC(=O)O)CC1)[C@@H](c1cc(F)ccc1F)S(=O)(=O)c1ccc(Cl)cc1. The van der Waals surface area contributed by atoms with E-state index in [1.165, 1.54) is 36.1 Å². The molecule has 1 fully saturated rings. The number of halogens is 3. The highest BCUT2D eigenvalue weighted by molar-refractivity contribution is 7.91. The van der Waals surface area contributed by atoms with Gasteiger partial charge in [-0.05, 0) is 61.2 Å². The molecule has 11 heteroatoms. The van der Waals surface area contributed by atoms with Crippen molar-refractivity contribution >= 4 is 33.5 Å². The maximum atomic E-state index is 14.7. The number of hydrogen-bond acceptors (Lipinski definition) is 5. The van der Waals surface area contributed by atoms with Crippen LogP contribution in [0.3, 0.4) is 0 Å². The molecule has 7 nitrogen and oxygen atoms in total. The van der Waals surface area contributed by atoms with Gasteiger partial charge in [0.1, 0.15) is 11.6 Å². The van der Waals surface area contributed by atoms with Crippen molar-refractivity contribution < 1.29 is 36.6 Å². The Morgan fingerprint density at radius 1 is 1.14 bits per heavy atom. The Morgan fingerprint density at radius 2 is 1.77 bits per heavy atom. The molecule has 0 spiro atoms. The lowest BCUT2D eigenvalue weighted by Gasteiger charge is -2.31. The number of carboxylic acid groups (broad SMARTS) is 1. The third-order valence-corrected chi connectivity index (χ3v) is 8.63. The van der Waals surface area contributed by atoms with Gasteiger partial charge in [-0.1, -0.05) is 18.5 Å². The van der Waals surface area contributed by atoms with Crippen molar-refractivity contribution in [3.05, 3.63) is 64.7 Å². The number of ether oxygens (including phenoxy) is 1. The zero-order valence-corrected chi connectivity index (χ0v) is 20.6. The summed E-state index contributed by atoms with van der Waals surface area (Å²) in [6, 6.07) is 7.90. The predicted molar refractivity (Wildman–Crippen MR) is 125 cm³/mol. The van der Waals surface area contributed by atoms with Crippen molar-refractivity contribution in [2.24, 2.45) is 11.8 Å². The molecule has 1 aliphatic heterocycles. The molecule has 1 saturated heterocycles. The Bertz CT molecular complexity index is 1170. The zero-order chi connectivity index (χ0) is 25.8. The summed E-state index contributed by atoms with van der Waals surface area (Å²) in [5.41, 5.74) is -0.363. The maximum Gasteiger partial charge on any atom is 0.409 e. The van der Waals surface area contributed by atoms with Crippen LogP contribution in [0.1, 0.15) is 37.0 Å². The molecular weight excluding hydrogens is 504 g/mol. The highest BCUT2D eigenvalue weighted by Gasteiger charge is 2.37. The van der Waals surface area contributed by atoms with Crippen LogP contribution >= 0.6 is 11.6 Å². The van der Waals surface area contributed by atoms with Crippen LogP contribution in [0, 0.1) is 23.5 Å². The molecule has 0 aliphatic carbocycles. The first-order valence-corrected chi connectivity index (χ1v) is 13.0. The first-order valence-electron chi connectivity index (χ1n) is 11.1. The van der Waals surface area contributed by atoms with Crippen LogP contribution in [0.25, 0.3) is 0 Å². The van der Waals surface area contributed by atoms with Crippen LogP contribution in [0.2, 0.25) is 5.02 Å². The number of nitrogens with zero attached hydrogens (tertiary/aromatic N) is 1. The summed E-state index contributed by atoms with van der Waals surface area (Å²) >= 11 is 5.86. The molecule has 190 valence electrons. The second-order valence-corrected chi connectivity index (χ2v) is 11.2. The number of benzene rings is 2. The molecule has 35 heavy (non-hydrogen) atoms. The number of carbonyl (C=O) groups excluding carboxylic acids is 1. The molecule has 0 bridgehead atoms. The maximum absolute atomic E-state index is 14.7. The van der Waals surface area contributed by atoms with Crippen molar-refractivity contribution in [1.82, 2.24) is 4.90 Å². The van der Waals surface area contributed by atoms with Gasteiger partial charge in [0.05, 0.1) is 16.8 Å². The average Bonchev–Trinajstić information content (AvgIpc) is 2.80. The monoisotopic (exact) mass is 529 g/mol. The molecule has 2 atom stereocenters. The molecular formula is C24H26ClF2NO6S. The lowest BCUT2D eigenvalue weighted by Crippen LogP contribution is -2.40. The number of carboxylic acids is 1. The summed E-state index contributed by atoms with van der Waals surface area (Å²) in [4.78, 5) is 24.7. The Labute approximate surface area is 207 Å². The van der Waals surface area contributed by atoms with Crippen molar-refractivity contribution in [2.45, 2.75) is 36.3 Å². The van der Waals surface area contributed by atoms with Gasteiger partial charge >= 0.3 is 12.1 Å². The largest absolute Gasteiger partial charge is 0.481 e. The van der Waals surface area contributed by atoms with Crippen LogP contribution in [0.4, 0.5) is 13.6 Å². The summed E-state index contributed by atoms with van der Waals surface area (Å²) in [7, 11) is -4.23. The quantitative estimate of drug-likeness (QED) is 0.511. The van der Waals surface area contributed by atoms with Gasteiger partial charge in [0.2, 0.25) is 0 Å². The molecule has 2 aromatic carbocycles. The molecule has 1 aliphatic rings. The zero-order valence-electron chi connectivity index (χ0n) is 19.0. The lowest BCUT2D eigenvalue weighted by molar-refractivity contribution is -0.138. The fourth-order valence-electron chi connectivity index (χ4n) is 4.23. The number of rotatable bonds is 8. The van der Waals surface area contributed by atoms with E-state index in [1.54, 1.807) is 0 Å². The second kappa shape index (κ2) is 11.3. The smallest absolute Gasteiger partial charge is 0.409 e. The van der Waals surface area contributed by atoms with E-state index in [2.05, 4.69) is 0 Å². The van der Waals surface area contributed by atoms with Crippen LogP contribution in [0.5, 0.6) is 0 Å². The van der Waals surface area contributed by atoms with Crippen LogP contribution in [-0.2, 0) is 19.4 Å². The Balaban J connectivity index is 1.78. The summed E-state index contributed by atoms with van der Waals surface area (Å²) < 4.78 is 61.0. The summed E-state index contributed by atoms with van der Waals surface area (Å²) in [6.45, 7) is 1.75. The van der Waals surface area contributed by atoms with E-state index in [9.17, 15) is 26.8 Å². The van der Waals surface area contributed by atoms with E-state index in [4.69, 9.17) is 21.4 Å². The van der Waals surface area contributed by atoms with Gasteiger partial charge in [-0.3, -0.25) is 4.79 Å². The molecule has 3 rings (SSSR count). The van der Waals surface area contributed by atoms with Crippen LogP contribution in [0.15, 0.2) is 47.4 Å². The minimum Gasteiger partial charge on any atom is -0.481 e. The van der Waals surface area contributed by atoms with Gasteiger partial charge < -0.3 is 14.7 Å². The number of likely N-dealkylation sites (tertiary alicyclic amines) is 1. The van der Waals surface area contributed by atoms with Crippen molar-refractivity contribution in [1.29, 1.82) is 0 Å². The first-order chi connectivity index (χ1) is 16.5.